The average Bonchev–Trinajstić information content (AvgIpc) is 3.18. The largest absolute Gasteiger partial charge is 0.369 e. The molecule has 1 aromatic heterocycles. The van der Waals surface area contributed by atoms with E-state index in [1.807, 2.05) is 43.3 Å². The van der Waals surface area contributed by atoms with Gasteiger partial charge in [0.2, 0.25) is 11.8 Å². The van der Waals surface area contributed by atoms with Gasteiger partial charge < -0.3 is 15.0 Å². The van der Waals surface area contributed by atoms with Gasteiger partial charge in [0.1, 0.15) is 19.3 Å². The molecule has 0 saturated carbocycles. The second-order valence-corrected chi connectivity index (χ2v) is 6.32. The SMILES string of the molecule is CC(c1ccc(-c2ccccc2)c(F)c1)c1cc(N2COCN=C2N)on1. The molecule has 138 valence electrons. The standard InChI is InChI=1S/C20H19FN4O2/c1-13(18-10-19(27-24-18)25-12-26-11-23-20(25)22)15-7-8-16(17(21)9-15)14-5-3-2-4-6-14/h2-10,13H,11-12H2,1H3,(H2,22,23). The molecular formula is C20H19FN4O2. The summed E-state index contributed by atoms with van der Waals surface area (Å²) < 4.78 is 25.3. The topological polar surface area (TPSA) is 76.9 Å². The van der Waals surface area contributed by atoms with Crippen LogP contribution in [0.1, 0.15) is 24.1 Å². The highest BCUT2D eigenvalue weighted by molar-refractivity contribution is 5.93. The molecular weight excluding hydrogens is 347 g/mol. The van der Waals surface area contributed by atoms with Crippen LogP contribution in [0.4, 0.5) is 10.3 Å². The minimum atomic E-state index is -0.268. The van der Waals surface area contributed by atoms with Gasteiger partial charge in [0.15, 0.2) is 0 Å². The van der Waals surface area contributed by atoms with Crippen molar-refractivity contribution in [2.45, 2.75) is 12.8 Å². The summed E-state index contributed by atoms with van der Waals surface area (Å²) in [4.78, 5) is 5.60. The quantitative estimate of drug-likeness (QED) is 0.762. The van der Waals surface area contributed by atoms with E-state index in [2.05, 4.69) is 10.1 Å². The van der Waals surface area contributed by atoms with Crippen LogP contribution in [-0.2, 0) is 4.74 Å². The zero-order chi connectivity index (χ0) is 18.8. The highest BCUT2D eigenvalue weighted by atomic mass is 19.1. The first-order valence-electron chi connectivity index (χ1n) is 8.60. The third-order valence-corrected chi connectivity index (χ3v) is 4.62. The number of nitrogens with two attached hydrogens (primary N) is 1. The van der Waals surface area contributed by atoms with Gasteiger partial charge in [0, 0.05) is 17.5 Å². The van der Waals surface area contributed by atoms with Crippen molar-refractivity contribution in [2.24, 2.45) is 10.7 Å². The van der Waals surface area contributed by atoms with Crippen molar-refractivity contribution in [3.63, 3.8) is 0 Å². The molecule has 0 aliphatic carbocycles. The Hall–Kier alpha value is -3.19. The molecule has 0 saturated heterocycles. The normalized spacial score (nSPS) is 15.5. The van der Waals surface area contributed by atoms with Crippen LogP contribution < -0.4 is 10.6 Å². The number of rotatable bonds is 4. The Labute approximate surface area is 156 Å². The number of guanidine groups is 1. The van der Waals surface area contributed by atoms with Crippen LogP contribution in [0.15, 0.2) is 64.1 Å². The fraction of sp³-hybridized carbons (Fsp3) is 0.200. The minimum Gasteiger partial charge on any atom is -0.369 e. The maximum absolute atomic E-state index is 14.7. The van der Waals surface area contributed by atoms with Gasteiger partial charge in [-0.1, -0.05) is 54.5 Å². The molecule has 0 radical (unpaired) electrons. The fourth-order valence-corrected chi connectivity index (χ4v) is 3.01. The highest BCUT2D eigenvalue weighted by Crippen LogP contribution is 2.30. The number of hydrogen-bond donors (Lipinski definition) is 1. The molecule has 1 atom stereocenters. The molecule has 4 rings (SSSR count). The summed E-state index contributed by atoms with van der Waals surface area (Å²) in [5, 5.41) is 4.11. The van der Waals surface area contributed by atoms with Crippen molar-refractivity contribution in [2.75, 3.05) is 18.4 Å². The summed E-state index contributed by atoms with van der Waals surface area (Å²) in [5.41, 5.74) is 8.76. The van der Waals surface area contributed by atoms with Crippen LogP contribution in [-0.4, -0.2) is 24.6 Å². The molecule has 1 aliphatic heterocycles. The van der Waals surface area contributed by atoms with Gasteiger partial charge in [-0.15, -0.1) is 0 Å². The zero-order valence-electron chi connectivity index (χ0n) is 14.8. The van der Waals surface area contributed by atoms with Crippen molar-refractivity contribution in [1.29, 1.82) is 0 Å². The van der Waals surface area contributed by atoms with Gasteiger partial charge in [-0.05, 0) is 17.2 Å². The lowest BCUT2D eigenvalue weighted by molar-refractivity contribution is 0.137. The maximum atomic E-state index is 14.7. The molecule has 2 N–H and O–H groups in total. The van der Waals surface area contributed by atoms with E-state index in [1.54, 1.807) is 23.1 Å². The lowest BCUT2D eigenvalue weighted by Gasteiger charge is -2.22. The lowest BCUT2D eigenvalue weighted by Crippen LogP contribution is -2.42. The second-order valence-electron chi connectivity index (χ2n) is 6.32. The molecule has 7 heteroatoms. The summed E-state index contributed by atoms with van der Waals surface area (Å²) in [6.07, 6.45) is 0. The van der Waals surface area contributed by atoms with E-state index in [9.17, 15) is 4.39 Å². The zero-order valence-corrected chi connectivity index (χ0v) is 14.8. The third-order valence-electron chi connectivity index (χ3n) is 4.62. The van der Waals surface area contributed by atoms with Crippen molar-refractivity contribution in [3.05, 3.63) is 71.7 Å². The Morgan fingerprint density at radius 2 is 1.96 bits per heavy atom. The fourth-order valence-electron chi connectivity index (χ4n) is 3.01. The predicted molar refractivity (Wildman–Crippen MR) is 101 cm³/mol. The van der Waals surface area contributed by atoms with E-state index in [0.717, 1.165) is 11.1 Å². The maximum Gasteiger partial charge on any atom is 0.236 e. The van der Waals surface area contributed by atoms with E-state index in [1.165, 1.54) is 0 Å². The molecule has 0 fully saturated rings. The molecule has 1 aliphatic rings. The Balaban J connectivity index is 1.58. The number of ether oxygens (including phenoxy) is 1. The average molecular weight is 366 g/mol. The Morgan fingerprint density at radius 3 is 2.70 bits per heavy atom. The Kier molecular flexibility index (Phi) is 4.60. The van der Waals surface area contributed by atoms with Gasteiger partial charge in [0.25, 0.3) is 0 Å². The number of anilines is 1. The Bertz CT molecular complexity index is 971. The minimum absolute atomic E-state index is 0.148. The number of halogens is 1. The van der Waals surface area contributed by atoms with Gasteiger partial charge >= 0.3 is 0 Å². The summed E-state index contributed by atoms with van der Waals surface area (Å²) in [6, 6.07) is 16.5. The number of hydrogen-bond acceptors (Lipinski definition) is 6. The van der Waals surface area contributed by atoms with Gasteiger partial charge in [0.05, 0.1) is 5.69 Å². The van der Waals surface area contributed by atoms with Gasteiger partial charge in [-0.3, -0.25) is 4.90 Å². The highest BCUT2D eigenvalue weighted by Gasteiger charge is 2.22. The van der Waals surface area contributed by atoms with Crippen molar-refractivity contribution in [1.82, 2.24) is 5.16 Å². The predicted octanol–water partition coefficient (Wildman–Crippen LogP) is 3.70. The van der Waals surface area contributed by atoms with Crippen LogP contribution in [0.25, 0.3) is 11.1 Å². The third kappa shape index (κ3) is 3.41. The molecule has 0 bridgehead atoms. The summed E-state index contributed by atoms with van der Waals surface area (Å²) in [6.45, 7) is 2.42. The first-order valence-corrected chi connectivity index (χ1v) is 8.60. The molecule has 2 aromatic carbocycles. The second kappa shape index (κ2) is 7.20. The molecule has 0 spiro atoms. The van der Waals surface area contributed by atoms with E-state index < -0.39 is 0 Å². The van der Waals surface area contributed by atoms with Crippen LogP contribution in [0.3, 0.4) is 0 Å². The molecule has 3 aromatic rings. The molecule has 27 heavy (non-hydrogen) atoms. The van der Waals surface area contributed by atoms with Crippen LogP contribution >= 0.6 is 0 Å². The molecule has 2 heterocycles. The van der Waals surface area contributed by atoms with Crippen molar-refractivity contribution >= 4 is 11.8 Å². The van der Waals surface area contributed by atoms with Crippen LogP contribution in [0.5, 0.6) is 0 Å². The van der Waals surface area contributed by atoms with Crippen molar-refractivity contribution < 1.29 is 13.7 Å². The first-order chi connectivity index (χ1) is 13.1. The van der Waals surface area contributed by atoms with E-state index in [-0.39, 0.29) is 25.2 Å². The van der Waals surface area contributed by atoms with E-state index >= 15 is 0 Å². The van der Waals surface area contributed by atoms with Crippen LogP contribution in [0, 0.1) is 5.82 Å². The number of benzene rings is 2. The number of aliphatic imine (C=N–C) groups is 1. The molecule has 6 nitrogen and oxygen atoms in total. The molecule has 0 amide bonds. The van der Waals surface area contributed by atoms with Gasteiger partial charge in [-0.2, -0.15) is 0 Å². The Morgan fingerprint density at radius 1 is 1.15 bits per heavy atom. The van der Waals surface area contributed by atoms with Gasteiger partial charge in [-0.25, -0.2) is 9.38 Å². The summed E-state index contributed by atoms with van der Waals surface area (Å²) >= 11 is 0. The molecule has 1 unspecified atom stereocenters. The smallest absolute Gasteiger partial charge is 0.236 e. The lowest BCUT2D eigenvalue weighted by atomic mass is 9.95. The first kappa shape index (κ1) is 17.2. The van der Waals surface area contributed by atoms with E-state index in [0.29, 0.717) is 23.1 Å². The van der Waals surface area contributed by atoms with Crippen LogP contribution in [0.2, 0.25) is 0 Å². The summed E-state index contributed by atoms with van der Waals surface area (Å²) in [7, 11) is 0. The van der Waals surface area contributed by atoms with E-state index in [4.69, 9.17) is 15.0 Å². The number of nitrogens with zero attached hydrogens (tertiary/aromatic N) is 3. The number of aromatic nitrogens is 1. The summed E-state index contributed by atoms with van der Waals surface area (Å²) in [5.74, 6) is 0.342. The van der Waals surface area contributed by atoms with Crippen molar-refractivity contribution in [3.8, 4) is 11.1 Å². The monoisotopic (exact) mass is 366 g/mol.